The molecule has 12 nitrogen and oxygen atoms in total. The van der Waals surface area contributed by atoms with E-state index in [1.54, 1.807) is 18.7 Å². The first-order chi connectivity index (χ1) is 16.9. The average Bonchev–Trinajstić information content (AvgIpc) is 3.59. The third-order valence-electron chi connectivity index (χ3n) is 7.23. The van der Waals surface area contributed by atoms with Crippen LogP contribution in [0.25, 0.3) is 0 Å². The van der Waals surface area contributed by atoms with Crippen molar-refractivity contribution in [3.63, 3.8) is 0 Å². The van der Waals surface area contributed by atoms with Crippen LogP contribution < -0.4 is 15.4 Å². The Morgan fingerprint density at radius 3 is 2.42 bits per heavy atom. The Labute approximate surface area is 212 Å². The fourth-order valence-corrected chi connectivity index (χ4v) is 5.63. The van der Waals surface area contributed by atoms with Crippen molar-refractivity contribution < 1.29 is 27.5 Å². The standard InChI is InChI=1S/C23H36N6O6S/c1-22(2,16-24)36(32,33)28-10-11-29(20(30)14-28)18-12-26-19(13-25-18)34-15-17-4-8-27(9-5-17)21(31)35-23(3)6-7-23/h12-13,17H,4-11,14-16,24H2,1-3H3. The van der Waals surface area contributed by atoms with E-state index in [0.29, 0.717) is 37.3 Å². The molecule has 36 heavy (non-hydrogen) atoms. The van der Waals surface area contributed by atoms with Gasteiger partial charge in [-0.3, -0.25) is 9.69 Å². The van der Waals surface area contributed by atoms with Crippen molar-refractivity contribution in [2.75, 3.05) is 50.8 Å². The molecule has 2 aliphatic heterocycles. The zero-order valence-electron chi connectivity index (χ0n) is 21.2. The van der Waals surface area contributed by atoms with Gasteiger partial charge in [0.1, 0.15) is 5.60 Å². The SMILES string of the molecule is CC1(OC(=O)N2CCC(COc3cnc(N4CCN(S(=O)(=O)C(C)(C)CN)CC4=O)cn3)CC2)CC1. The first kappa shape index (κ1) is 26.6. The third-order valence-corrected chi connectivity index (χ3v) is 9.79. The summed E-state index contributed by atoms with van der Waals surface area (Å²) in [5.41, 5.74) is 5.36. The summed E-state index contributed by atoms with van der Waals surface area (Å²) in [6.45, 7) is 6.82. The van der Waals surface area contributed by atoms with Gasteiger partial charge in [-0.05, 0) is 52.4 Å². The van der Waals surface area contributed by atoms with Gasteiger partial charge in [0.25, 0.3) is 0 Å². The highest BCUT2D eigenvalue weighted by Crippen LogP contribution is 2.39. The number of likely N-dealkylation sites (tertiary alicyclic amines) is 1. The highest BCUT2D eigenvalue weighted by atomic mass is 32.2. The van der Waals surface area contributed by atoms with E-state index in [1.807, 2.05) is 6.92 Å². The molecule has 0 aromatic carbocycles. The van der Waals surface area contributed by atoms with Gasteiger partial charge < -0.3 is 20.1 Å². The lowest BCUT2D eigenvalue weighted by Crippen LogP contribution is -2.57. The molecule has 13 heteroatoms. The van der Waals surface area contributed by atoms with Crippen molar-refractivity contribution in [1.82, 2.24) is 19.2 Å². The number of rotatable bonds is 8. The molecule has 0 radical (unpaired) electrons. The van der Waals surface area contributed by atoms with Crippen molar-refractivity contribution in [3.05, 3.63) is 12.4 Å². The molecule has 200 valence electrons. The Balaban J connectivity index is 1.24. The second-order valence-corrected chi connectivity index (χ2v) is 13.2. The maximum absolute atomic E-state index is 12.8. The molecular weight excluding hydrogens is 488 g/mol. The molecule has 3 fully saturated rings. The lowest BCUT2D eigenvalue weighted by molar-refractivity contribution is -0.120. The molecule has 0 atom stereocenters. The predicted octanol–water partition coefficient (Wildman–Crippen LogP) is 0.972. The van der Waals surface area contributed by atoms with Gasteiger partial charge in [0.05, 0.1) is 30.3 Å². The normalized spacial score (nSPS) is 21.4. The quantitative estimate of drug-likeness (QED) is 0.525. The number of amides is 2. The highest BCUT2D eigenvalue weighted by Gasteiger charge is 2.43. The van der Waals surface area contributed by atoms with Crippen LogP contribution in [0, 0.1) is 5.92 Å². The Hall–Kier alpha value is -2.51. The van der Waals surface area contributed by atoms with Gasteiger partial charge in [0.15, 0.2) is 5.82 Å². The van der Waals surface area contributed by atoms with E-state index in [-0.39, 0.29) is 43.8 Å². The number of hydrogen-bond acceptors (Lipinski definition) is 9. The molecule has 3 heterocycles. The zero-order chi connectivity index (χ0) is 26.1. The Bertz CT molecular complexity index is 1070. The van der Waals surface area contributed by atoms with Crippen LogP contribution in [0.2, 0.25) is 0 Å². The predicted molar refractivity (Wildman–Crippen MR) is 132 cm³/mol. The van der Waals surface area contributed by atoms with Crippen LogP contribution in [0.4, 0.5) is 10.6 Å². The van der Waals surface area contributed by atoms with Gasteiger partial charge in [-0.25, -0.2) is 23.2 Å². The highest BCUT2D eigenvalue weighted by molar-refractivity contribution is 7.90. The number of carbonyl (C=O) groups excluding carboxylic acids is 2. The van der Waals surface area contributed by atoms with Crippen molar-refractivity contribution in [2.24, 2.45) is 11.7 Å². The smallest absolute Gasteiger partial charge is 0.410 e. The Morgan fingerprint density at radius 2 is 1.86 bits per heavy atom. The lowest BCUT2D eigenvalue weighted by Gasteiger charge is -2.37. The molecule has 2 amide bonds. The number of hydrogen-bond donors (Lipinski definition) is 1. The van der Waals surface area contributed by atoms with E-state index in [2.05, 4.69) is 9.97 Å². The minimum Gasteiger partial charge on any atom is -0.476 e. The maximum atomic E-state index is 12.8. The molecule has 3 aliphatic rings. The van der Waals surface area contributed by atoms with Crippen LogP contribution >= 0.6 is 0 Å². The summed E-state index contributed by atoms with van der Waals surface area (Å²) in [5, 5.41) is 0. The summed E-state index contributed by atoms with van der Waals surface area (Å²) in [4.78, 5) is 36.7. The van der Waals surface area contributed by atoms with Gasteiger partial charge in [-0.1, -0.05) is 0 Å². The monoisotopic (exact) mass is 524 g/mol. The second kappa shape index (κ2) is 10.1. The number of ether oxygens (including phenoxy) is 2. The summed E-state index contributed by atoms with van der Waals surface area (Å²) in [5.74, 6) is 0.613. The summed E-state index contributed by atoms with van der Waals surface area (Å²) >= 11 is 0. The summed E-state index contributed by atoms with van der Waals surface area (Å²) < 4.78 is 36.9. The summed E-state index contributed by atoms with van der Waals surface area (Å²) in [6, 6.07) is 0. The van der Waals surface area contributed by atoms with Crippen molar-refractivity contribution in [1.29, 1.82) is 0 Å². The largest absolute Gasteiger partial charge is 0.476 e. The molecule has 1 aromatic rings. The second-order valence-electron chi connectivity index (χ2n) is 10.6. The Kier molecular flexibility index (Phi) is 7.45. The minimum absolute atomic E-state index is 0.0399. The molecular formula is C23H36N6O6S. The van der Waals surface area contributed by atoms with E-state index >= 15 is 0 Å². The van der Waals surface area contributed by atoms with Crippen LogP contribution in [0.5, 0.6) is 5.88 Å². The van der Waals surface area contributed by atoms with Gasteiger partial charge in [-0.2, -0.15) is 4.31 Å². The molecule has 1 aliphatic carbocycles. The van der Waals surface area contributed by atoms with Crippen molar-refractivity contribution in [3.8, 4) is 5.88 Å². The van der Waals surface area contributed by atoms with E-state index in [9.17, 15) is 18.0 Å². The van der Waals surface area contributed by atoms with E-state index < -0.39 is 14.8 Å². The molecule has 0 bridgehead atoms. The first-order valence-corrected chi connectivity index (χ1v) is 13.8. The summed E-state index contributed by atoms with van der Waals surface area (Å²) in [7, 11) is -3.71. The van der Waals surface area contributed by atoms with Crippen molar-refractivity contribution in [2.45, 2.75) is 56.8 Å². The number of sulfonamides is 1. The van der Waals surface area contributed by atoms with Crippen LogP contribution in [0.1, 0.15) is 46.5 Å². The number of aromatic nitrogens is 2. The van der Waals surface area contributed by atoms with Crippen LogP contribution in [0.15, 0.2) is 12.4 Å². The van der Waals surface area contributed by atoms with Gasteiger partial charge in [-0.15, -0.1) is 0 Å². The van der Waals surface area contributed by atoms with E-state index in [0.717, 1.165) is 25.7 Å². The molecule has 0 spiro atoms. The number of piperidine rings is 1. The number of nitrogens with two attached hydrogens (primary N) is 1. The number of carbonyl (C=O) groups is 2. The zero-order valence-corrected chi connectivity index (χ0v) is 22.0. The van der Waals surface area contributed by atoms with Gasteiger partial charge >= 0.3 is 6.09 Å². The fourth-order valence-electron chi connectivity index (χ4n) is 4.12. The number of nitrogens with zero attached hydrogens (tertiary/aromatic N) is 5. The van der Waals surface area contributed by atoms with Crippen LogP contribution in [0.3, 0.4) is 0 Å². The third kappa shape index (κ3) is 5.73. The first-order valence-electron chi connectivity index (χ1n) is 12.4. The van der Waals surface area contributed by atoms with Gasteiger partial charge in [0, 0.05) is 32.7 Å². The molecule has 4 rings (SSSR count). The molecule has 2 saturated heterocycles. The Morgan fingerprint density at radius 1 is 1.17 bits per heavy atom. The van der Waals surface area contributed by atoms with Gasteiger partial charge in [0.2, 0.25) is 21.8 Å². The molecule has 1 aromatic heterocycles. The number of anilines is 1. The molecule has 1 saturated carbocycles. The van der Waals surface area contributed by atoms with E-state index in [4.69, 9.17) is 15.2 Å². The summed E-state index contributed by atoms with van der Waals surface area (Å²) in [6.07, 6.45) is 6.20. The molecule has 0 unspecified atom stereocenters. The van der Waals surface area contributed by atoms with Crippen LogP contribution in [-0.4, -0.2) is 95.8 Å². The van der Waals surface area contributed by atoms with Crippen LogP contribution in [-0.2, 0) is 19.6 Å². The lowest BCUT2D eigenvalue weighted by atomic mass is 9.98. The average molecular weight is 525 g/mol. The fraction of sp³-hybridized carbons (Fsp3) is 0.739. The minimum atomic E-state index is -3.71. The van der Waals surface area contributed by atoms with Crippen molar-refractivity contribution >= 4 is 27.8 Å². The number of piperazine rings is 1. The van der Waals surface area contributed by atoms with E-state index in [1.165, 1.54) is 21.6 Å². The molecule has 2 N–H and O–H groups in total. The topological polar surface area (TPSA) is 148 Å². The maximum Gasteiger partial charge on any atom is 0.410 e.